The number of nitrogens with zero attached hydrogens (tertiary/aromatic N) is 1. The van der Waals surface area contributed by atoms with E-state index in [-0.39, 0.29) is 12.0 Å². The summed E-state index contributed by atoms with van der Waals surface area (Å²) in [6.07, 6.45) is 0.868. The van der Waals surface area contributed by atoms with Gasteiger partial charge in [0.2, 0.25) is 5.75 Å². The Kier molecular flexibility index (Phi) is 4.20. The fraction of sp³-hybridized carbons (Fsp3) is 0.304. The van der Waals surface area contributed by atoms with Crippen molar-refractivity contribution < 1.29 is 23.7 Å². The molecule has 0 saturated carbocycles. The SMILES string of the molecule is COc1cc2c(c(OC)c1OC)C(c1cc3cccc4c3n(c1=O)CC4)CC(=O)O2. The maximum atomic E-state index is 13.5. The van der Waals surface area contributed by atoms with Gasteiger partial charge in [0.1, 0.15) is 5.75 Å². The van der Waals surface area contributed by atoms with E-state index in [9.17, 15) is 9.59 Å². The van der Waals surface area contributed by atoms with E-state index in [1.807, 2.05) is 22.8 Å². The first-order valence-electron chi connectivity index (χ1n) is 9.76. The topological polar surface area (TPSA) is 76.0 Å². The summed E-state index contributed by atoms with van der Waals surface area (Å²) < 4.78 is 23.9. The number of aromatic nitrogens is 1. The van der Waals surface area contributed by atoms with Crippen molar-refractivity contribution in [1.82, 2.24) is 4.57 Å². The number of esters is 1. The van der Waals surface area contributed by atoms with Crippen LogP contribution in [0, 0.1) is 0 Å². The second-order valence-electron chi connectivity index (χ2n) is 7.45. The Bertz CT molecular complexity index is 1260. The van der Waals surface area contributed by atoms with E-state index in [1.165, 1.54) is 26.9 Å². The van der Waals surface area contributed by atoms with Crippen LogP contribution in [0.4, 0.5) is 0 Å². The first-order chi connectivity index (χ1) is 14.6. The van der Waals surface area contributed by atoms with E-state index in [4.69, 9.17) is 18.9 Å². The molecule has 1 unspecified atom stereocenters. The van der Waals surface area contributed by atoms with Crippen molar-refractivity contribution >= 4 is 16.9 Å². The number of fused-ring (bicyclic) bond motifs is 1. The molecule has 2 aliphatic rings. The zero-order valence-corrected chi connectivity index (χ0v) is 17.0. The smallest absolute Gasteiger partial charge is 0.312 e. The second-order valence-corrected chi connectivity index (χ2v) is 7.45. The van der Waals surface area contributed by atoms with Crippen molar-refractivity contribution in [2.24, 2.45) is 0 Å². The van der Waals surface area contributed by atoms with Crippen molar-refractivity contribution in [3.05, 3.63) is 57.4 Å². The molecular weight excluding hydrogens is 386 g/mol. The van der Waals surface area contributed by atoms with Gasteiger partial charge in [0, 0.05) is 29.7 Å². The van der Waals surface area contributed by atoms with E-state index in [2.05, 4.69) is 6.07 Å². The molecule has 1 aromatic heterocycles. The number of para-hydroxylation sites is 1. The fourth-order valence-electron chi connectivity index (χ4n) is 4.71. The molecule has 2 aliphatic heterocycles. The molecule has 0 aliphatic carbocycles. The molecule has 0 spiro atoms. The Hall–Kier alpha value is -3.48. The minimum absolute atomic E-state index is 0.0410. The van der Waals surface area contributed by atoms with Crippen molar-refractivity contribution in [3.63, 3.8) is 0 Å². The molecule has 2 aromatic carbocycles. The summed E-state index contributed by atoms with van der Waals surface area (Å²) in [6.45, 7) is 0.635. The first kappa shape index (κ1) is 18.5. The van der Waals surface area contributed by atoms with Crippen LogP contribution in [0.3, 0.4) is 0 Å². The van der Waals surface area contributed by atoms with Crippen molar-refractivity contribution in [2.75, 3.05) is 21.3 Å². The van der Waals surface area contributed by atoms with Gasteiger partial charge < -0.3 is 23.5 Å². The standard InChI is InChI=1S/C23H21NO6/c1-27-17-11-16-19(22(29-3)21(17)28-2)14(10-18(25)30-16)15-9-13-6-4-5-12-7-8-24(20(12)13)23(15)26/h4-6,9,11,14H,7-8,10H2,1-3H3. The second kappa shape index (κ2) is 6.79. The number of aryl methyl sites for hydroxylation is 2. The van der Waals surface area contributed by atoms with Gasteiger partial charge >= 0.3 is 5.97 Å². The summed E-state index contributed by atoms with van der Waals surface area (Å²) in [4.78, 5) is 25.9. The maximum absolute atomic E-state index is 13.5. The normalized spacial score (nSPS) is 16.9. The minimum atomic E-state index is -0.513. The van der Waals surface area contributed by atoms with Gasteiger partial charge in [-0.1, -0.05) is 18.2 Å². The number of carbonyl (C=O) groups is 1. The zero-order chi connectivity index (χ0) is 21.0. The number of carbonyl (C=O) groups excluding carboxylic acids is 1. The number of ether oxygens (including phenoxy) is 4. The summed E-state index contributed by atoms with van der Waals surface area (Å²) in [7, 11) is 4.54. The number of benzene rings is 2. The largest absolute Gasteiger partial charge is 0.493 e. The highest BCUT2D eigenvalue weighted by Gasteiger charge is 2.37. The van der Waals surface area contributed by atoms with E-state index < -0.39 is 11.9 Å². The van der Waals surface area contributed by atoms with Crippen LogP contribution in [0.25, 0.3) is 10.9 Å². The quantitative estimate of drug-likeness (QED) is 0.489. The molecule has 0 fully saturated rings. The number of hydrogen-bond acceptors (Lipinski definition) is 6. The summed E-state index contributed by atoms with van der Waals surface area (Å²) in [5, 5.41) is 0.986. The van der Waals surface area contributed by atoms with Gasteiger partial charge in [0.15, 0.2) is 11.5 Å². The van der Waals surface area contributed by atoms with E-state index in [1.54, 1.807) is 6.07 Å². The predicted octanol–water partition coefficient (Wildman–Crippen LogP) is 3.02. The van der Waals surface area contributed by atoms with Crippen LogP contribution in [-0.2, 0) is 17.8 Å². The molecule has 0 amide bonds. The summed E-state index contributed by atoms with van der Waals surface area (Å²) in [5.74, 6) is 0.589. The molecule has 7 heteroatoms. The molecule has 0 radical (unpaired) electrons. The average Bonchev–Trinajstić information content (AvgIpc) is 3.19. The zero-order valence-electron chi connectivity index (χ0n) is 17.0. The van der Waals surface area contributed by atoms with Crippen molar-refractivity contribution in [2.45, 2.75) is 25.3 Å². The number of hydrogen-bond donors (Lipinski definition) is 0. The predicted molar refractivity (Wildman–Crippen MR) is 110 cm³/mol. The number of methoxy groups -OCH3 is 3. The molecule has 7 nitrogen and oxygen atoms in total. The molecule has 0 saturated heterocycles. The van der Waals surface area contributed by atoms with Crippen LogP contribution in [0.2, 0.25) is 0 Å². The Balaban J connectivity index is 1.80. The Morgan fingerprint density at radius 3 is 2.57 bits per heavy atom. The van der Waals surface area contributed by atoms with Crippen LogP contribution < -0.4 is 24.5 Å². The summed E-state index contributed by atoms with van der Waals surface area (Å²) >= 11 is 0. The first-order valence-corrected chi connectivity index (χ1v) is 9.76. The maximum Gasteiger partial charge on any atom is 0.312 e. The highest BCUT2D eigenvalue weighted by molar-refractivity contribution is 5.86. The van der Waals surface area contributed by atoms with Gasteiger partial charge in [-0.2, -0.15) is 0 Å². The summed E-state index contributed by atoms with van der Waals surface area (Å²) in [5.41, 5.74) is 3.22. The van der Waals surface area contributed by atoms with Crippen molar-refractivity contribution in [3.8, 4) is 23.0 Å². The lowest BCUT2D eigenvalue weighted by atomic mass is 9.85. The van der Waals surface area contributed by atoms with Gasteiger partial charge in [-0.15, -0.1) is 0 Å². The molecule has 1 atom stereocenters. The lowest BCUT2D eigenvalue weighted by molar-refractivity contribution is -0.135. The molecule has 30 heavy (non-hydrogen) atoms. The van der Waals surface area contributed by atoms with Crippen LogP contribution in [-0.4, -0.2) is 31.9 Å². The van der Waals surface area contributed by atoms with Crippen LogP contribution in [0.15, 0.2) is 35.1 Å². The third kappa shape index (κ3) is 2.51. The van der Waals surface area contributed by atoms with Crippen LogP contribution in [0.1, 0.15) is 29.0 Å². The number of rotatable bonds is 4. The van der Waals surface area contributed by atoms with Gasteiger partial charge in [-0.3, -0.25) is 9.59 Å². The third-order valence-corrected chi connectivity index (χ3v) is 5.98. The highest BCUT2D eigenvalue weighted by Crippen LogP contribution is 2.52. The van der Waals surface area contributed by atoms with Gasteiger partial charge in [-0.25, -0.2) is 0 Å². The molecule has 3 heterocycles. The highest BCUT2D eigenvalue weighted by atomic mass is 16.5. The van der Waals surface area contributed by atoms with Gasteiger partial charge in [0.25, 0.3) is 5.56 Å². The molecule has 0 N–H and O–H groups in total. The molecule has 3 aromatic rings. The van der Waals surface area contributed by atoms with Crippen LogP contribution in [0.5, 0.6) is 23.0 Å². The van der Waals surface area contributed by atoms with E-state index >= 15 is 0 Å². The monoisotopic (exact) mass is 407 g/mol. The molecule has 154 valence electrons. The molecule has 5 rings (SSSR count). The minimum Gasteiger partial charge on any atom is -0.493 e. The molecule has 0 bridgehead atoms. The fourth-order valence-corrected chi connectivity index (χ4v) is 4.71. The van der Waals surface area contributed by atoms with Crippen molar-refractivity contribution in [1.29, 1.82) is 0 Å². The van der Waals surface area contributed by atoms with Gasteiger partial charge in [-0.05, 0) is 23.4 Å². The number of pyridine rings is 1. The van der Waals surface area contributed by atoms with E-state index in [0.717, 1.165) is 17.3 Å². The third-order valence-electron chi connectivity index (χ3n) is 5.98. The van der Waals surface area contributed by atoms with E-state index in [0.29, 0.717) is 40.7 Å². The van der Waals surface area contributed by atoms with Crippen LogP contribution >= 0.6 is 0 Å². The van der Waals surface area contributed by atoms with Gasteiger partial charge in [0.05, 0.1) is 33.3 Å². The average molecular weight is 407 g/mol. The lowest BCUT2D eigenvalue weighted by Crippen LogP contribution is -2.29. The summed E-state index contributed by atoms with van der Waals surface area (Å²) in [6, 6.07) is 9.55. The Morgan fingerprint density at radius 1 is 1.03 bits per heavy atom. The molecular formula is C23H21NO6. The Labute approximate surface area is 172 Å². The lowest BCUT2D eigenvalue weighted by Gasteiger charge is -2.28. The Morgan fingerprint density at radius 2 is 1.83 bits per heavy atom.